The largest absolute Gasteiger partial charge is 0.469 e. The lowest BCUT2D eigenvalue weighted by Gasteiger charge is -2.30. The Kier molecular flexibility index (Phi) is 5.73. The third kappa shape index (κ3) is 4.55. The maximum Gasteiger partial charge on any atom is 0.308 e. The number of hydrogen-bond donors (Lipinski definition) is 0. The van der Waals surface area contributed by atoms with Gasteiger partial charge in [0, 0.05) is 17.2 Å². The number of ether oxygens (including phenoxy) is 1. The number of thioether (sulfide) groups is 1. The van der Waals surface area contributed by atoms with Crippen LogP contribution >= 0.6 is 11.8 Å². The van der Waals surface area contributed by atoms with Crippen LogP contribution < -0.4 is 0 Å². The van der Waals surface area contributed by atoms with E-state index in [9.17, 15) is 4.79 Å². The van der Waals surface area contributed by atoms with Crippen LogP contribution in [0.4, 0.5) is 0 Å². The number of benzene rings is 1. The summed E-state index contributed by atoms with van der Waals surface area (Å²) in [5.74, 6) is 1.17. The standard InChI is InChI=1S/C15H21NO2S/c1-18-15(17)13-7-9-16(10-8-13)11-12-19-14-5-3-2-4-6-14/h2-6,13H,7-12H2,1H3. The number of carbonyl (C=O) groups excluding carboxylic acids is 1. The summed E-state index contributed by atoms with van der Waals surface area (Å²) >= 11 is 1.89. The summed E-state index contributed by atoms with van der Waals surface area (Å²) in [6, 6.07) is 10.5. The molecule has 0 radical (unpaired) electrons. The molecule has 19 heavy (non-hydrogen) atoms. The lowest BCUT2D eigenvalue weighted by atomic mass is 9.97. The van der Waals surface area contributed by atoms with Gasteiger partial charge in [-0.1, -0.05) is 18.2 Å². The summed E-state index contributed by atoms with van der Waals surface area (Å²) < 4.78 is 4.80. The van der Waals surface area contributed by atoms with E-state index in [2.05, 4.69) is 29.2 Å². The fourth-order valence-corrected chi connectivity index (χ4v) is 3.30. The van der Waals surface area contributed by atoms with E-state index in [-0.39, 0.29) is 11.9 Å². The minimum atomic E-state index is -0.0432. The first kappa shape index (κ1) is 14.4. The first-order valence-corrected chi connectivity index (χ1v) is 7.76. The molecule has 104 valence electrons. The SMILES string of the molecule is COC(=O)C1CCN(CCSc2ccccc2)CC1. The molecule has 1 heterocycles. The summed E-state index contributed by atoms with van der Waals surface area (Å²) in [6.07, 6.45) is 1.87. The van der Waals surface area contributed by atoms with Crippen molar-refractivity contribution in [1.82, 2.24) is 4.90 Å². The smallest absolute Gasteiger partial charge is 0.308 e. The number of esters is 1. The molecule has 3 nitrogen and oxygen atoms in total. The molecule has 1 aliphatic rings. The average molecular weight is 279 g/mol. The second-order valence-electron chi connectivity index (χ2n) is 4.80. The van der Waals surface area contributed by atoms with E-state index >= 15 is 0 Å². The molecule has 0 saturated carbocycles. The Balaban J connectivity index is 1.65. The predicted octanol–water partition coefficient (Wildman–Crippen LogP) is 2.66. The van der Waals surface area contributed by atoms with Crippen LogP contribution in [0.5, 0.6) is 0 Å². The molecule has 0 spiro atoms. The Labute approximate surface area is 119 Å². The van der Waals surface area contributed by atoms with E-state index in [1.54, 1.807) is 0 Å². The van der Waals surface area contributed by atoms with Gasteiger partial charge in [0.2, 0.25) is 0 Å². The summed E-state index contributed by atoms with van der Waals surface area (Å²) in [4.78, 5) is 15.2. The molecule has 0 amide bonds. The molecule has 0 aliphatic carbocycles. The van der Waals surface area contributed by atoms with Gasteiger partial charge in [-0.05, 0) is 38.1 Å². The van der Waals surface area contributed by atoms with Crippen molar-refractivity contribution < 1.29 is 9.53 Å². The molecule has 1 saturated heterocycles. The van der Waals surface area contributed by atoms with E-state index in [0.29, 0.717) is 0 Å². The highest BCUT2D eigenvalue weighted by atomic mass is 32.2. The van der Waals surface area contributed by atoms with Gasteiger partial charge in [0.15, 0.2) is 0 Å². The number of hydrogen-bond acceptors (Lipinski definition) is 4. The molecule has 1 aromatic rings. The van der Waals surface area contributed by atoms with Crippen molar-refractivity contribution in [3.05, 3.63) is 30.3 Å². The van der Waals surface area contributed by atoms with Crippen molar-refractivity contribution in [2.75, 3.05) is 32.5 Å². The molecular weight excluding hydrogens is 258 g/mol. The second kappa shape index (κ2) is 7.56. The first-order chi connectivity index (χ1) is 9.29. The van der Waals surface area contributed by atoms with Crippen molar-refractivity contribution in [3.8, 4) is 0 Å². The van der Waals surface area contributed by atoms with Gasteiger partial charge in [-0.2, -0.15) is 0 Å². The zero-order chi connectivity index (χ0) is 13.5. The number of piperidine rings is 1. The van der Waals surface area contributed by atoms with Crippen LogP contribution in [0.1, 0.15) is 12.8 Å². The normalized spacial score (nSPS) is 17.3. The average Bonchev–Trinajstić information content (AvgIpc) is 2.48. The van der Waals surface area contributed by atoms with Gasteiger partial charge in [-0.3, -0.25) is 4.79 Å². The Hall–Kier alpha value is -1.00. The lowest BCUT2D eigenvalue weighted by molar-refractivity contribution is -0.147. The lowest BCUT2D eigenvalue weighted by Crippen LogP contribution is -2.37. The topological polar surface area (TPSA) is 29.5 Å². The van der Waals surface area contributed by atoms with E-state index in [4.69, 9.17) is 4.74 Å². The molecule has 4 heteroatoms. The Morgan fingerprint density at radius 2 is 2.00 bits per heavy atom. The van der Waals surface area contributed by atoms with Crippen LogP contribution in [0.15, 0.2) is 35.2 Å². The Morgan fingerprint density at radius 3 is 2.63 bits per heavy atom. The van der Waals surface area contributed by atoms with E-state index in [1.165, 1.54) is 12.0 Å². The Bertz CT molecular complexity index is 388. The van der Waals surface area contributed by atoms with Crippen LogP contribution in [0.3, 0.4) is 0 Å². The first-order valence-electron chi connectivity index (χ1n) is 6.77. The molecular formula is C15H21NO2S. The molecule has 2 rings (SSSR count). The highest BCUT2D eigenvalue weighted by Gasteiger charge is 2.25. The van der Waals surface area contributed by atoms with Gasteiger partial charge in [0.05, 0.1) is 13.0 Å². The van der Waals surface area contributed by atoms with Gasteiger partial charge in [0.25, 0.3) is 0 Å². The number of likely N-dealkylation sites (tertiary alicyclic amines) is 1. The van der Waals surface area contributed by atoms with Gasteiger partial charge in [-0.15, -0.1) is 11.8 Å². The zero-order valence-electron chi connectivity index (χ0n) is 11.4. The molecule has 0 atom stereocenters. The summed E-state index contributed by atoms with van der Waals surface area (Å²) in [7, 11) is 1.48. The maximum absolute atomic E-state index is 11.4. The quantitative estimate of drug-likeness (QED) is 0.612. The van der Waals surface area contributed by atoms with Crippen LogP contribution in [0.25, 0.3) is 0 Å². The van der Waals surface area contributed by atoms with Crippen molar-refractivity contribution in [2.45, 2.75) is 17.7 Å². The summed E-state index contributed by atoms with van der Waals surface area (Å²) in [5, 5.41) is 0. The van der Waals surface area contributed by atoms with Crippen molar-refractivity contribution in [3.63, 3.8) is 0 Å². The number of methoxy groups -OCH3 is 1. The van der Waals surface area contributed by atoms with Crippen LogP contribution in [-0.2, 0) is 9.53 Å². The zero-order valence-corrected chi connectivity index (χ0v) is 12.2. The summed E-state index contributed by atoms with van der Waals surface area (Å²) in [5.41, 5.74) is 0. The van der Waals surface area contributed by atoms with Crippen molar-refractivity contribution >= 4 is 17.7 Å². The number of carbonyl (C=O) groups is 1. The fraction of sp³-hybridized carbons (Fsp3) is 0.533. The van der Waals surface area contributed by atoms with E-state index in [1.807, 2.05) is 17.8 Å². The number of nitrogens with zero attached hydrogens (tertiary/aromatic N) is 1. The third-order valence-corrected chi connectivity index (χ3v) is 4.53. The minimum absolute atomic E-state index is 0.0432. The third-order valence-electron chi connectivity index (χ3n) is 3.54. The van der Waals surface area contributed by atoms with Gasteiger partial charge in [-0.25, -0.2) is 0 Å². The highest BCUT2D eigenvalue weighted by Crippen LogP contribution is 2.20. The van der Waals surface area contributed by atoms with Gasteiger partial charge in [0.1, 0.15) is 0 Å². The van der Waals surface area contributed by atoms with Crippen LogP contribution in [-0.4, -0.2) is 43.4 Å². The second-order valence-corrected chi connectivity index (χ2v) is 5.97. The molecule has 1 aliphatic heterocycles. The Morgan fingerprint density at radius 1 is 1.32 bits per heavy atom. The van der Waals surface area contributed by atoms with Crippen LogP contribution in [0.2, 0.25) is 0 Å². The molecule has 0 aromatic heterocycles. The molecule has 0 bridgehead atoms. The van der Waals surface area contributed by atoms with Gasteiger partial charge < -0.3 is 9.64 Å². The van der Waals surface area contributed by atoms with Crippen molar-refractivity contribution in [1.29, 1.82) is 0 Å². The predicted molar refractivity (Wildman–Crippen MR) is 78.3 cm³/mol. The molecule has 0 unspecified atom stereocenters. The molecule has 1 aromatic carbocycles. The number of rotatable bonds is 5. The van der Waals surface area contributed by atoms with E-state index in [0.717, 1.165) is 38.2 Å². The monoisotopic (exact) mass is 279 g/mol. The van der Waals surface area contributed by atoms with Gasteiger partial charge >= 0.3 is 5.97 Å². The van der Waals surface area contributed by atoms with Crippen LogP contribution in [0, 0.1) is 5.92 Å². The van der Waals surface area contributed by atoms with Crippen molar-refractivity contribution in [2.24, 2.45) is 5.92 Å². The fourth-order valence-electron chi connectivity index (χ4n) is 2.37. The minimum Gasteiger partial charge on any atom is -0.469 e. The summed E-state index contributed by atoms with van der Waals surface area (Å²) in [6.45, 7) is 3.11. The van der Waals surface area contributed by atoms with E-state index < -0.39 is 0 Å². The molecule has 1 fully saturated rings. The highest BCUT2D eigenvalue weighted by molar-refractivity contribution is 7.99. The molecule has 0 N–H and O–H groups in total. The maximum atomic E-state index is 11.4.